The van der Waals surface area contributed by atoms with Crippen molar-refractivity contribution in [3.05, 3.63) is 57.5 Å². The molecule has 0 N–H and O–H groups in total. The van der Waals surface area contributed by atoms with E-state index in [1.165, 1.54) is 0 Å². The topological polar surface area (TPSA) is 59.7 Å². The quantitative estimate of drug-likeness (QED) is 0.661. The maximum Gasteiger partial charge on any atom is 0.258 e. The molecule has 1 aromatic carbocycles. The summed E-state index contributed by atoms with van der Waals surface area (Å²) in [7, 11) is 0. The summed E-state index contributed by atoms with van der Waals surface area (Å²) in [6.07, 6.45) is 0. The van der Waals surface area contributed by atoms with Crippen LogP contribution in [0.15, 0.2) is 24.3 Å². The Kier molecular flexibility index (Phi) is 4.75. The van der Waals surface area contributed by atoms with Gasteiger partial charge in [0.15, 0.2) is 5.65 Å². The zero-order valence-corrected chi connectivity index (χ0v) is 17.2. The van der Waals surface area contributed by atoms with Crippen molar-refractivity contribution in [1.82, 2.24) is 19.5 Å². The second-order valence-electron chi connectivity index (χ2n) is 7.62. The zero-order valence-electron chi connectivity index (χ0n) is 16.5. The summed E-state index contributed by atoms with van der Waals surface area (Å²) in [4.78, 5) is 19.6. The summed E-state index contributed by atoms with van der Waals surface area (Å²) in [5.74, 6) is 0.951. The molecule has 146 valence electrons. The number of benzene rings is 1. The second-order valence-corrected chi connectivity index (χ2v) is 8.00. The van der Waals surface area contributed by atoms with E-state index in [2.05, 4.69) is 23.9 Å². The highest BCUT2D eigenvalue weighted by molar-refractivity contribution is 6.31. The molecule has 2 aromatic heterocycles. The number of fused-ring (bicyclic) bond motifs is 3. The Bertz CT molecular complexity index is 1070. The molecule has 1 aliphatic rings. The molecule has 7 heteroatoms. The van der Waals surface area contributed by atoms with Crippen LogP contribution in [0.25, 0.3) is 5.65 Å². The summed E-state index contributed by atoms with van der Waals surface area (Å²) in [6, 6.07) is 7.40. The molecular formula is C21H23ClN4O2. The molecule has 0 saturated heterocycles. The molecule has 1 aliphatic heterocycles. The Balaban J connectivity index is 1.63. The van der Waals surface area contributed by atoms with Crippen LogP contribution in [0.3, 0.4) is 0 Å². The van der Waals surface area contributed by atoms with Gasteiger partial charge in [0, 0.05) is 5.56 Å². The van der Waals surface area contributed by atoms with E-state index in [9.17, 15) is 4.79 Å². The Hall–Kier alpha value is -2.60. The second kappa shape index (κ2) is 7.09. The van der Waals surface area contributed by atoms with Crippen LogP contribution < -0.4 is 4.74 Å². The number of carbonyl (C=O) groups is 1. The maximum atomic E-state index is 13.2. The number of amides is 1. The lowest BCUT2D eigenvalue weighted by Gasteiger charge is -2.19. The SMILES string of the molecule is Cc1nc2c3c(nn2c(C)c1Cl)CN(C(=O)c1ccccc1OCC(C)C)C3. The van der Waals surface area contributed by atoms with Gasteiger partial charge in [-0.25, -0.2) is 9.50 Å². The van der Waals surface area contributed by atoms with Gasteiger partial charge in [-0.05, 0) is 31.9 Å². The first-order valence-electron chi connectivity index (χ1n) is 9.41. The minimum atomic E-state index is -0.0575. The van der Waals surface area contributed by atoms with Crippen LogP contribution in [0.1, 0.15) is 46.9 Å². The van der Waals surface area contributed by atoms with E-state index in [0.29, 0.717) is 41.9 Å². The van der Waals surface area contributed by atoms with Crippen LogP contribution in [0.2, 0.25) is 5.02 Å². The van der Waals surface area contributed by atoms with Gasteiger partial charge in [-0.15, -0.1) is 0 Å². The third-order valence-electron chi connectivity index (χ3n) is 4.93. The molecule has 0 fully saturated rings. The fourth-order valence-corrected chi connectivity index (χ4v) is 3.58. The monoisotopic (exact) mass is 398 g/mol. The molecule has 0 bridgehead atoms. The highest BCUT2D eigenvalue weighted by Gasteiger charge is 2.31. The van der Waals surface area contributed by atoms with Gasteiger partial charge in [0.25, 0.3) is 5.91 Å². The summed E-state index contributed by atoms with van der Waals surface area (Å²) >= 11 is 6.31. The van der Waals surface area contributed by atoms with Crippen molar-refractivity contribution in [3.8, 4) is 5.75 Å². The lowest BCUT2D eigenvalue weighted by molar-refractivity contribution is 0.0744. The Morgan fingerprint density at radius 2 is 2.00 bits per heavy atom. The number of carbonyl (C=O) groups excluding carboxylic acids is 1. The summed E-state index contributed by atoms with van der Waals surface area (Å²) in [5.41, 5.74) is 4.83. The van der Waals surface area contributed by atoms with Crippen molar-refractivity contribution in [3.63, 3.8) is 0 Å². The van der Waals surface area contributed by atoms with Gasteiger partial charge in [-0.2, -0.15) is 5.10 Å². The smallest absolute Gasteiger partial charge is 0.258 e. The number of rotatable bonds is 4. The Morgan fingerprint density at radius 1 is 1.25 bits per heavy atom. The molecule has 4 rings (SSSR count). The van der Waals surface area contributed by atoms with Crippen molar-refractivity contribution in [2.75, 3.05) is 6.61 Å². The number of hydrogen-bond acceptors (Lipinski definition) is 4. The molecule has 0 aliphatic carbocycles. The molecule has 0 unspecified atom stereocenters. The number of aryl methyl sites for hydroxylation is 2. The lowest BCUT2D eigenvalue weighted by atomic mass is 10.1. The minimum Gasteiger partial charge on any atom is -0.492 e. The highest BCUT2D eigenvalue weighted by atomic mass is 35.5. The summed E-state index contributed by atoms with van der Waals surface area (Å²) in [5, 5.41) is 5.27. The molecule has 0 saturated carbocycles. The predicted octanol–water partition coefficient (Wildman–Crippen LogP) is 4.19. The van der Waals surface area contributed by atoms with E-state index in [1.54, 1.807) is 9.42 Å². The van der Waals surface area contributed by atoms with E-state index in [-0.39, 0.29) is 5.91 Å². The van der Waals surface area contributed by atoms with Crippen LogP contribution in [0, 0.1) is 19.8 Å². The van der Waals surface area contributed by atoms with Crippen molar-refractivity contribution >= 4 is 23.2 Å². The average Bonchev–Trinajstić information content (AvgIpc) is 3.23. The number of para-hydroxylation sites is 1. The molecule has 28 heavy (non-hydrogen) atoms. The summed E-state index contributed by atoms with van der Waals surface area (Å²) in [6.45, 7) is 9.47. The first kappa shape index (κ1) is 18.7. The molecule has 0 spiro atoms. The first-order valence-corrected chi connectivity index (χ1v) is 9.79. The fraction of sp³-hybridized carbons (Fsp3) is 0.381. The van der Waals surface area contributed by atoms with Crippen LogP contribution in [-0.2, 0) is 13.1 Å². The number of nitrogens with zero attached hydrogens (tertiary/aromatic N) is 4. The van der Waals surface area contributed by atoms with Crippen molar-refractivity contribution in [2.45, 2.75) is 40.8 Å². The van der Waals surface area contributed by atoms with Crippen molar-refractivity contribution in [2.24, 2.45) is 5.92 Å². The third-order valence-corrected chi connectivity index (χ3v) is 5.48. The van der Waals surface area contributed by atoms with Crippen LogP contribution >= 0.6 is 11.6 Å². The van der Waals surface area contributed by atoms with Crippen LogP contribution in [0.5, 0.6) is 5.75 Å². The maximum absolute atomic E-state index is 13.2. The Labute approximate surface area is 169 Å². The first-order chi connectivity index (χ1) is 13.4. The Morgan fingerprint density at radius 3 is 2.75 bits per heavy atom. The van der Waals surface area contributed by atoms with Gasteiger partial charge in [0.2, 0.25) is 0 Å². The van der Waals surface area contributed by atoms with Crippen molar-refractivity contribution < 1.29 is 9.53 Å². The third kappa shape index (κ3) is 3.11. The molecule has 0 atom stereocenters. The van der Waals surface area contributed by atoms with Gasteiger partial charge >= 0.3 is 0 Å². The molecule has 1 amide bonds. The van der Waals surface area contributed by atoms with Gasteiger partial charge in [0.1, 0.15) is 5.75 Å². The number of aromatic nitrogens is 3. The number of hydrogen-bond donors (Lipinski definition) is 0. The van der Waals surface area contributed by atoms with Crippen molar-refractivity contribution in [1.29, 1.82) is 0 Å². The lowest BCUT2D eigenvalue weighted by Crippen LogP contribution is -2.26. The standard InChI is InChI=1S/C21H23ClN4O2/c1-12(2)11-28-18-8-6-5-7-15(18)21(27)25-9-16-17(10-25)24-26-14(4)19(22)13(3)23-20(16)26/h5-8,12H,9-11H2,1-4H3. The van der Waals surface area contributed by atoms with Crippen LogP contribution in [-0.4, -0.2) is 32.0 Å². The highest BCUT2D eigenvalue weighted by Crippen LogP contribution is 2.31. The summed E-state index contributed by atoms with van der Waals surface area (Å²) < 4.78 is 7.64. The molecule has 6 nitrogen and oxygen atoms in total. The van der Waals surface area contributed by atoms with E-state index in [0.717, 1.165) is 28.3 Å². The number of halogens is 1. The van der Waals surface area contributed by atoms with E-state index in [1.807, 2.05) is 38.1 Å². The molecule has 0 radical (unpaired) electrons. The predicted molar refractivity (Wildman–Crippen MR) is 108 cm³/mol. The van der Waals surface area contributed by atoms with Gasteiger partial charge in [-0.1, -0.05) is 37.6 Å². The normalized spacial score (nSPS) is 13.4. The largest absolute Gasteiger partial charge is 0.492 e. The fourth-order valence-electron chi connectivity index (χ4n) is 3.45. The van der Waals surface area contributed by atoms with Gasteiger partial charge < -0.3 is 9.64 Å². The minimum absolute atomic E-state index is 0.0575. The van der Waals surface area contributed by atoms with E-state index in [4.69, 9.17) is 16.3 Å². The number of ether oxygens (including phenoxy) is 1. The van der Waals surface area contributed by atoms with Gasteiger partial charge in [0.05, 0.1) is 47.4 Å². The average molecular weight is 399 g/mol. The van der Waals surface area contributed by atoms with E-state index >= 15 is 0 Å². The van der Waals surface area contributed by atoms with E-state index < -0.39 is 0 Å². The molecule has 3 aromatic rings. The molecule has 3 heterocycles. The molecular weight excluding hydrogens is 376 g/mol. The van der Waals surface area contributed by atoms with Gasteiger partial charge in [-0.3, -0.25) is 4.79 Å². The zero-order chi connectivity index (χ0) is 20.0. The van der Waals surface area contributed by atoms with Crippen LogP contribution in [0.4, 0.5) is 0 Å².